The summed E-state index contributed by atoms with van der Waals surface area (Å²) in [6.45, 7) is 4.48. The van der Waals surface area contributed by atoms with Crippen molar-refractivity contribution in [1.29, 1.82) is 0 Å². The number of pyridine rings is 1. The fourth-order valence-electron chi connectivity index (χ4n) is 2.50. The van der Waals surface area contributed by atoms with E-state index in [9.17, 15) is 4.79 Å². The number of nitrogens with zero attached hydrogens (tertiary/aromatic N) is 1. The van der Waals surface area contributed by atoms with Gasteiger partial charge in [-0.2, -0.15) is 11.3 Å². The van der Waals surface area contributed by atoms with Gasteiger partial charge in [-0.1, -0.05) is 17.7 Å². The molecule has 23 heavy (non-hydrogen) atoms. The largest absolute Gasteiger partial charge is 0.348 e. The lowest BCUT2D eigenvalue weighted by Crippen LogP contribution is -2.23. The zero-order valence-corrected chi connectivity index (χ0v) is 14.0. The van der Waals surface area contributed by atoms with Gasteiger partial charge >= 0.3 is 0 Å². The van der Waals surface area contributed by atoms with Crippen LogP contribution in [0.1, 0.15) is 27.0 Å². The van der Waals surface area contributed by atoms with Crippen molar-refractivity contribution in [3.63, 3.8) is 0 Å². The van der Waals surface area contributed by atoms with E-state index in [1.807, 2.05) is 55.6 Å². The molecule has 2 heterocycles. The number of nitrogens with one attached hydrogen (secondary N) is 1. The molecule has 0 aliphatic rings. The molecule has 4 heteroatoms. The quantitative estimate of drug-likeness (QED) is 0.775. The molecule has 0 aliphatic carbocycles. The summed E-state index contributed by atoms with van der Waals surface area (Å²) in [7, 11) is 0. The first-order valence-electron chi connectivity index (χ1n) is 7.46. The van der Waals surface area contributed by atoms with Crippen molar-refractivity contribution in [3.8, 4) is 11.3 Å². The number of benzene rings is 1. The second-order valence-corrected chi connectivity index (χ2v) is 6.34. The molecule has 3 aromatic rings. The van der Waals surface area contributed by atoms with E-state index in [0.29, 0.717) is 6.54 Å². The minimum atomic E-state index is -0.0450. The minimum absolute atomic E-state index is 0.0450. The Kier molecular flexibility index (Phi) is 4.53. The molecule has 0 saturated carbocycles. The van der Waals surface area contributed by atoms with Crippen LogP contribution in [-0.4, -0.2) is 10.9 Å². The molecule has 0 atom stereocenters. The molecule has 0 aliphatic heterocycles. The molecule has 1 aromatic carbocycles. The summed E-state index contributed by atoms with van der Waals surface area (Å²) >= 11 is 1.65. The number of hydrogen-bond donors (Lipinski definition) is 1. The number of hydrogen-bond acceptors (Lipinski definition) is 3. The normalized spacial score (nSPS) is 10.5. The lowest BCUT2D eigenvalue weighted by Gasteiger charge is -2.09. The first kappa shape index (κ1) is 15.4. The molecule has 2 aromatic heterocycles. The van der Waals surface area contributed by atoms with Gasteiger partial charge in [-0.15, -0.1) is 0 Å². The smallest absolute Gasteiger partial charge is 0.251 e. The maximum atomic E-state index is 12.3. The molecular formula is C19H18N2OS. The van der Waals surface area contributed by atoms with Crippen LogP contribution < -0.4 is 5.32 Å². The van der Waals surface area contributed by atoms with Crippen LogP contribution in [0, 0.1) is 13.8 Å². The molecule has 0 bridgehead atoms. The number of rotatable bonds is 4. The second kappa shape index (κ2) is 6.75. The summed E-state index contributed by atoms with van der Waals surface area (Å²) in [5.74, 6) is -0.0450. The summed E-state index contributed by atoms with van der Waals surface area (Å²) in [5.41, 5.74) is 5.97. The average molecular weight is 322 g/mol. The van der Waals surface area contributed by atoms with Crippen LogP contribution in [0.15, 0.2) is 53.4 Å². The maximum Gasteiger partial charge on any atom is 0.251 e. The third-order valence-electron chi connectivity index (χ3n) is 3.72. The highest BCUT2D eigenvalue weighted by Gasteiger charge is 2.09. The second-order valence-electron chi connectivity index (χ2n) is 5.56. The Morgan fingerprint density at radius 1 is 1.17 bits per heavy atom. The molecule has 1 amide bonds. The SMILES string of the molecule is Cc1ccc(C(=O)NCc2ccnc(-c3ccsc3)c2)c(C)c1. The van der Waals surface area contributed by atoms with E-state index >= 15 is 0 Å². The number of amides is 1. The molecule has 0 radical (unpaired) electrons. The zero-order valence-electron chi connectivity index (χ0n) is 13.2. The summed E-state index contributed by atoms with van der Waals surface area (Å²) in [6, 6.07) is 11.9. The molecule has 3 rings (SSSR count). The van der Waals surface area contributed by atoms with Crippen molar-refractivity contribution in [3.05, 3.63) is 75.6 Å². The maximum absolute atomic E-state index is 12.3. The van der Waals surface area contributed by atoms with Gasteiger partial charge in [0.2, 0.25) is 0 Å². The van der Waals surface area contributed by atoms with Crippen molar-refractivity contribution in [1.82, 2.24) is 10.3 Å². The van der Waals surface area contributed by atoms with Gasteiger partial charge in [-0.25, -0.2) is 0 Å². The zero-order chi connectivity index (χ0) is 16.2. The van der Waals surface area contributed by atoms with E-state index in [-0.39, 0.29) is 5.91 Å². The van der Waals surface area contributed by atoms with Crippen LogP contribution in [0.2, 0.25) is 0 Å². The molecule has 0 spiro atoms. The molecule has 0 unspecified atom stereocenters. The fourth-order valence-corrected chi connectivity index (χ4v) is 3.15. The molecule has 0 saturated heterocycles. The Morgan fingerprint density at radius 3 is 2.78 bits per heavy atom. The molecule has 1 N–H and O–H groups in total. The lowest BCUT2D eigenvalue weighted by atomic mass is 10.1. The van der Waals surface area contributed by atoms with E-state index in [1.54, 1.807) is 17.5 Å². The highest BCUT2D eigenvalue weighted by molar-refractivity contribution is 7.08. The summed E-state index contributed by atoms with van der Waals surface area (Å²) in [5, 5.41) is 7.09. The van der Waals surface area contributed by atoms with E-state index in [0.717, 1.165) is 33.5 Å². The van der Waals surface area contributed by atoms with Crippen LogP contribution in [0.5, 0.6) is 0 Å². The van der Waals surface area contributed by atoms with Crippen molar-refractivity contribution in [2.75, 3.05) is 0 Å². The Hall–Kier alpha value is -2.46. The average Bonchev–Trinajstić information content (AvgIpc) is 3.07. The minimum Gasteiger partial charge on any atom is -0.348 e. The number of aryl methyl sites for hydroxylation is 2. The highest BCUT2D eigenvalue weighted by atomic mass is 32.1. The van der Waals surface area contributed by atoms with E-state index in [1.165, 1.54) is 0 Å². The standard InChI is InChI=1S/C19H18N2OS/c1-13-3-4-17(14(2)9-13)19(22)21-11-15-5-7-20-18(10-15)16-6-8-23-12-16/h3-10,12H,11H2,1-2H3,(H,21,22). The molecule has 116 valence electrons. The van der Waals surface area contributed by atoms with Gasteiger partial charge < -0.3 is 5.32 Å². The Labute approximate surface area is 140 Å². The van der Waals surface area contributed by atoms with Gasteiger partial charge in [0.1, 0.15) is 0 Å². The van der Waals surface area contributed by atoms with Crippen molar-refractivity contribution >= 4 is 17.2 Å². The predicted octanol–water partition coefficient (Wildman–Crippen LogP) is 4.36. The Morgan fingerprint density at radius 2 is 2.04 bits per heavy atom. The van der Waals surface area contributed by atoms with Crippen molar-refractivity contribution in [2.24, 2.45) is 0 Å². The van der Waals surface area contributed by atoms with Gasteiger partial charge in [-0.05, 0) is 54.6 Å². The number of aromatic nitrogens is 1. The van der Waals surface area contributed by atoms with Crippen molar-refractivity contribution < 1.29 is 4.79 Å². The van der Waals surface area contributed by atoms with Crippen LogP contribution in [0.3, 0.4) is 0 Å². The first-order chi connectivity index (χ1) is 11.1. The number of thiophene rings is 1. The predicted molar refractivity (Wildman–Crippen MR) is 94.6 cm³/mol. The van der Waals surface area contributed by atoms with Crippen LogP contribution in [-0.2, 0) is 6.54 Å². The summed E-state index contributed by atoms with van der Waals surface area (Å²) < 4.78 is 0. The summed E-state index contributed by atoms with van der Waals surface area (Å²) in [6.07, 6.45) is 1.78. The Bertz CT molecular complexity index is 825. The number of carbonyl (C=O) groups is 1. The van der Waals surface area contributed by atoms with Gasteiger partial charge in [0.25, 0.3) is 5.91 Å². The van der Waals surface area contributed by atoms with Crippen LogP contribution in [0.4, 0.5) is 0 Å². The monoisotopic (exact) mass is 322 g/mol. The fraction of sp³-hybridized carbons (Fsp3) is 0.158. The first-order valence-corrected chi connectivity index (χ1v) is 8.41. The topological polar surface area (TPSA) is 42.0 Å². The molecule has 0 fully saturated rings. The van der Waals surface area contributed by atoms with Crippen molar-refractivity contribution in [2.45, 2.75) is 20.4 Å². The van der Waals surface area contributed by atoms with E-state index in [4.69, 9.17) is 0 Å². The van der Waals surface area contributed by atoms with E-state index in [2.05, 4.69) is 15.7 Å². The third kappa shape index (κ3) is 3.66. The molecular weight excluding hydrogens is 304 g/mol. The van der Waals surface area contributed by atoms with Crippen LogP contribution >= 0.6 is 11.3 Å². The number of carbonyl (C=O) groups excluding carboxylic acids is 1. The Balaban J connectivity index is 1.71. The van der Waals surface area contributed by atoms with Gasteiger partial charge in [-0.3, -0.25) is 9.78 Å². The summed E-state index contributed by atoms with van der Waals surface area (Å²) in [4.78, 5) is 16.7. The van der Waals surface area contributed by atoms with Gasteiger partial charge in [0.05, 0.1) is 5.69 Å². The van der Waals surface area contributed by atoms with Gasteiger partial charge in [0.15, 0.2) is 0 Å². The third-order valence-corrected chi connectivity index (χ3v) is 4.40. The highest BCUT2D eigenvalue weighted by Crippen LogP contribution is 2.20. The van der Waals surface area contributed by atoms with Crippen LogP contribution in [0.25, 0.3) is 11.3 Å². The van der Waals surface area contributed by atoms with E-state index < -0.39 is 0 Å². The lowest BCUT2D eigenvalue weighted by molar-refractivity contribution is 0.0950. The van der Waals surface area contributed by atoms with Gasteiger partial charge in [0, 0.05) is 29.2 Å². The molecule has 3 nitrogen and oxygen atoms in total.